The zero-order chi connectivity index (χ0) is 20.0. The Hall–Kier alpha value is -1.84. The summed E-state index contributed by atoms with van der Waals surface area (Å²) in [6.45, 7) is 1.93. The van der Waals surface area contributed by atoms with E-state index in [9.17, 15) is 21.6 Å². The van der Waals surface area contributed by atoms with Crippen LogP contribution in [0.1, 0.15) is 27.9 Å². The van der Waals surface area contributed by atoms with Crippen LogP contribution in [0.2, 0.25) is 0 Å². The first-order valence-electron chi connectivity index (χ1n) is 8.12. The van der Waals surface area contributed by atoms with E-state index in [-0.39, 0.29) is 11.5 Å². The molecular formula is C18H19NO5S3. The Kier molecular flexibility index (Phi) is 5.13. The molecule has 2 aromatic rings. The maximum atomic E-state index is 12.3. The Morgan fingerprint density at radius 3 is 2.22 bits per heavy atom. The molecule has 0 aliphatic heterocycles. The molecule has 0 spiro atoms. The summed E-state index contributed by atoms with van der Waals surface area (Å²) in [6, 6.07) is 10.7. The second-order valence-corrected chi connectivity index (χ2v) is 11.6. The Morgan fingerprint density at radius 2 is 1.63 bits per heavy atom. The average Bonchev–Trinajstić information content (AvgIpc) is 2.85. The van der Waals surface area contributed by atoms with Gasteiger partial charge in [-0.25, -0.2) is 16.8 Å². The lowest BCUT2D eigenvalue weighted by molar-refractivity contribution is 0.0994. The molecule has 9 heteroatoms. The van der Waals surface area contributed by atoms with Crippen LogP contribution in [0.4, 0.5) is 5.69 Å². The highest BCUT2D eigenvalue weighted by Gasteiger charge is 2.32. The highest BCUT2D eigenvalue weighted by molar-refractivity contribution is 8.09. The smallest absolute Gasteiger partial charge is 0.245 e. The lowest BCUT2D eigenvalue weighted by atomic mass is 10.1. The predicted molar refractivity (Wildman–Crippen MR) is 107 cm³/mol. The van der Waals surface area contributed by atoms with Crippen LogP contribution in [-0.2, 0) is 26.5 Å². The Balaban J connectivity index is 2.24. The first-order valence-corrected chi connectivity index (χ1v) is 12.6. The number of carbonyl (C=O) groups excluding carboxylic acids is 1. The number of sulfonamides is 2. The quantitative estimate of drug-likeness (QED) is 0.732. The molecule has 0 bridgehead atoms. The summed E-state index contributed by atoms with van der Waals surface area (Å²) >= 11 is 1.23. The average molecular weight is 426 g/mol. The summed E-state index contributed by atoms with van der Waals surface area (Å²) in [5.74, 6) is -0.0205. The third-order valence-electron chi connectivity index (χ3n) is 4.12. The predicted octanol–water partition coefficient (Wildman–Crippen LogP) is 3.00. The molecule has 0 saturated heterocycles. The van der Waals surface area contributed by atoms with E-state index in [4.69, 9.17) is 0 Å². The van der Waals surface area contributed by atoms with Crippen LogP contribution >= 0.6 is 11.8 Å². The van der Waals surface area contributed by atoms with Crippen molar-refractivity contribution in [2.75, 3.05) is 16.2 Å². The van der Waals surface area contributed by atoms with Crippen molar-refractivity contribution in [2.24, 2.45) is 0 Å². The molecule has 0 aromatic heterocycles. The molecule has 2 aromatic carbocycles. The van der Waals surface area contributed by atoms with E-state index in [0.29, 0.717) is 32.6 Å². The zero-order valence-corrected chi connectivity index (χ0v) is 17.5. The van der Waals surface area contributed by atoms with Gasteiger partial charge in [0, 0.05) is 21.8 Å². The van der Waals surface area contributed by atoms with Crippen molar-refractivity contribution < 1.29 is 21.6 Å². The third kappa shape index (κ3) is 4.20. The van der Waals surface area contributed by atoms with Gasteiger partial charge in [-0.3, -0.25) is 4.79 Å². The zero-order valence-electron chi connectivity index (χ0n) is 15.1. The molecule has 144 valence electrons. The minimum atomic E-state index is -4.08. The molecule has 6 nitrogen and oxygen atoms in total. The van der Waals surface area contributed by atoms with E-state index < -0.39 is 20.0 Å². The molecule has 1 aliphatic rings. The summed E-state index contributed by atoms with van der Waals surface area (Å²) in [5.41, 5.74) is 2.26. The molecule has 1 aliphatic carbocycles. The third-order valence-corrected chi connectivity index (χ3v) is 8.38. The lowest BCUT2D eigenvalue weighted by Crippen LogP contribution is -2.35. The number of Topliss-reactive ketones (excluding diaryl/α,β-unsaturated/α-hetero) is 1. The molecule has 0 unspecified atom stereocenters. The minimum Gasteiger partial charge on any atom is -0.294 e. The van der Waals surface area contributed by atoms with Crippen molar-refractivity contribution in [3.8, 4) is 0 Å². The first kappa shape index (κ1) is 19.9. The van der Waals surface area contributed by atoms with E-state index in [1.165, 1.54) is 17.8 Å². The Bertz CT molecular complexity index is 1110. The van der Waals surface area contributed by atoms with Gasteiger partial charge in [0.05, 0.1) is 18.2 Å². The standard InChI is InChI=1S/C18H19NO5S3/c1-12-5-4-6-14(9-12)25-18-11-15-13(7-8-17(15)20)10-16(18)19(26(2,21)22)27(3,23)24/h4-6,9-11H,7-8H2,1-3H3. The van der Waals surface area contributed by atoms with Gasteiger partial charge in [-0.2, -0.15) is 3.71 Å². The van der Waals surface area contributed by atoms with E-state index in [1.807, 2.05) is 31.2 Å². The van der Waals surface area contributed by atoms with Crippen molar-refractivity contribution in [1.82, 2.24) is 0 Å². The van der Waals surface area contributed by atoms with E-state index in [0.717, 1.165) is 23.0 Å². The number of ketones is 1. The van der Waals surface area contributed by atoms with Crippen LogP contribution in [0.5, 0.6) is 0 Å². The molecule has 0 amide bonds. The molecule has 0 saturated carbocycles. The Morgan fingerprint density at radius 1 is 0.963 bits per heavy atom. The number of aryl methyl sites for hydroxylation is 2. The maximum absolute atomic E-state index is 12.3. The van der Waals surface area contributed by atoms with Crippen LogP contribution < -0.4 is 3.71 Å². The highest BCUT2D eigenvalue weighted by atomic mass is 32.3. The number of hydrogen-bond acceptors (Lipinski definition) is 6. The fraction of sp³-hybridized carbons (Fsp3) is 0.278. The van der Waals surface area contributed by atoms with Gasteiger partial charge >= 0.3 is 0 Å². The van der Waals surface area contributed by atoms with Gasteiger partial charge in [-0.15, -0.1) is 0 Å². The molecule has 0 N–H and O–H groups in total. The molecule has 27 heavy (non-hydrogen) atoms. The van der Waals surface area contributed by atoms with Gasteiger partial charge in [-0.05, 0) is 43.2 Å². The van der Waals surface area contributed by atoms with E-state index in [2.05, 4.69) is 0 Å². The molecule has 0 radical (unpaired) electrons. The van der Waals surface area contributed by atoms with Crippen LogP contribution in [0, 0.1) is 6.92 Å². The maximum Gasteiger partial charge on any atom is 0.245 e. The number of anilines is 1. The second kappa shape index (κ2) is 6.96. The number of carbonyl (C=O) groups is 1. The monoisotopic (exact) mass is 425 g/mol. The summed E-state index contributed by atoms with van der Waals surface area (Å²) < 4.78 is 49.5. The van der Waals surface area contributed by atoms with Gasteiger partial charge in [-0.1, -0.05) is 29.5 Å². The van der Waals surface area contributed by atoms with Gasteiger partial charge < -0.3 is 0 Å². The fourth-order valence-corrected chi connectivity index (χ4v) is 7.27. The summed E-state index contributed by atoms with van der Waals surface area (Å²) in [4.78, 5) is 13.4. The number of hydrogen-bond donors (Lipinski definition) is 0. The van der Waals surface area contributed by atoms with Crippen molar-refractivity contribution in [2.45, 2.75) is 29.6 Å². The molecule has 0 fully saturated rings. The second-order valence-electron chi connectivity index (χ2n) is 6.54. The molecule has 3 rings (SSSR count). The number of rotatable bonds is 5. The topological polar surface area (TPSA) is 88.6 Å². The van der Waals surface area contributed by atoms with Gasteiger partial charge in [0.15, 0.2) is 5.78 Å². The van der Waals surface area contributed by atoms with Crippen molar-refractivity contribution in [1.29, 1.82) is 0 Å². The number of fused-ring (bicyclic) bond motifs is 1. The largest absolute Gasteiger partial charge is 0.294 e. The molecule has 0 atom stereocenters. The van der Waals surface area contributed by atoms with Crippen LogP contribution in [-0.4, -0.2) is 35.1 Å². The van der Waals surface area contributed by atoms with Gasteiger partial charge in [0.2, 0.25) is 20.0 Å². The van der Waals surface area contributed by atoms with Crippen molar-refractivity contribution in [3.05, 3.63) is 53.1 Å². The van der Waals surface area contributed by atoms with Gasteiger partial charge in [0.1, 0.15) is 0 Å². The minimum absolute atomic E-state index is 0.0205. The molecule has 0 heterocycles. The van der Waals surface area contributed by atoms with E-state index >= 15 is 0 Å². The normalized spacial score (nSPS) is 14.3. The summed E-state index contributed by atoms with van der Waals surface area (Å²) in [5, 5.41) is 0. The lowest BCUT2D eigenvalue weighted by Gasteiger charge is -2.23. The van der Waals surface area contributed by atoms with E-state index in [1.54, 1.807) is 6.07 Å². The summed E-state index contributed by atoms with van der Waals surface area (Å²) in [6.07, 6.45) is 2.52. The van der Waals surface area contributed by atoms with Crippen LogP contribution in [0.15, 0.2) is 46.2 Å². The van der Waals surface area contributed by atoms with Gasteiger partial charge in [0.25, 0.3) is 0 Å². The van der Waals surface area contributed by atoms with Crippen molar-refractivity contribution in [3.63, 3.8) is 0 Å². The Labute approximate surface area is 163 Å². The number of nitrogens with zero attached hydrogens (tertiary/aromatic N) is 1. The van der Waals surface area contributed by atoms with Crippen molar-refractivity contribution >= 4 is 43.3 Å². The first-order chi connectivity index (χ1) is 12.5. The molecular weight excluding hydrogens is 406 g/mol. The van der Waals surface area contributed by atoms with Crippen LogP contribution in [0.25, 0.3) is 0 Å². The highest BCUT2D eigenvalue weighted by Crippen LogP contribution is 2.41. The fourth-order valence-electron chi connectivity index (χ4n) is 3.09. The SMILES string of the molecule is Cc1cccc(Sc2cc3c(cc2N(S(C)(=O)=O)S(C)(=O)=O)CCC3=O)c1. The number of benzene rings is 2. The van der Waals surface area contributed by atoms with Crippen LogP contribution in [0.3, 0.4) is 0 Å². The summed E-state index contributed by atoms with van der Waals surface area (Å²) in [7, 11) is -8.16.